The van der Waals surface area contributed by atoms with Gasteiger partial charge in [0.1, 0.15) is 17.3 Å². The van der Waals surface area contributed by atoms with Crippen LogP contribution in [0.2, 0.25) is 0 Å². The van der Waals surface area contributed by atoms with E-state index in [2.05, 4.69) is 32.5 Å². The second-order valence-corrected chi connectivity index (χ2v) is 8.57. The van der Waals surface area contributed by atoms with E-state index in [4.69, 9.17) is 4.74 Å². The van der Waals surface area contributed by atoms with Crippen molar-refractivity contribution in [1.82, 2.24) is 15.1 Å². The van der Waals surface area contributed by atoms with Crippen LogP contribution >= 0.6 is 12.4 Å². The first-order chi connectivity index (χ1) is 17.0. The van der Waals surface area contributed by atoms with E-state index in [1.165, 1.54) is 12.1 Å². The van der Waals surface area contributed by atoms with Gasteiger partial charge in [0.05, 0.1) is 7.11 Å². The molecule has 2 heterocycles. The van der Waals surface area contributed by atoms with Crippen LogP contribution in [0.15, 0.2) is 72.8 Å². The molecule has 7 nitrogen and oxygen atoms in total. The number of aromatic nitrogens is 2. The number of piperazine rings is 1. The summed E-state index contributed by atoms with van der Waals surface area (Å²) in [6.07, 6.45) is 0. The summed E-state index contributed by atoms with van der Waals surface area (Å²) >= 11 is 0. The predicted octanol–water partition coefficient (Wildman–Crippen LogP) is 5.61. The molecule has 2 amide bonds. The Kier molecular flexibility index (Phi) is 7.55. The van der Waals surface area contributed by atoms with Gasteiger partial charge >= 0.3 is 6.03 Å². The Balaban J connectivity index is 0.00000304. The lowest BCUT2D eigenvalue weighted by atomic mass is 10.0. The molecule has 1 aromatic heterocycles. The van der Waals surface area contributed by atoms with Gasteiger partial charge < -0.3 is 19.9 Å². The molecule has 0 saturated carbocycles. The van der Waals surface area contributed by atoms with E-state index in [9.17, 15) is 9.18 Å². The Morgan fingerprint density at radius 3 is 2.33 bits per heavy atom. The van der Waals surface area contributed by atoms with Crippen molar-refractivity contribution in [2.45, 2.75) is 13.0 Å². The number of halogens is 2. The smallest absolute Gasteiger partial charge is 0.322 e. The fraction of sp³-hybridized carbons (Fsp3) is 0.222. The molecule has 1 fully saturated rings. The minimum absolute atomic E-state index is 0. The lowest BCUT2D eigenvalue weighted by Crippen LogP contribution is -2.55. The molecule has 1 aliphatic rings. The van der Waals surface area contributed by atoms with E-state index in [0.29, 0.717) is 25.3 Å². The van der Waals surface area contributed by atoms with Gasteiger partial charge in [-0.3, -0.25) is 0 Å². The molecule has 1 aliphatic heterocycles. The van der Waals surface area contributed by atoms with Gasteiger partial charge in [0.2, 0.25) is 0 Å². The van der Waals surface area contributed by atoms with Crippen LogP contribution in [0, 0.1) is 5.82 Å². The summed E-state index contributed by atoms with van der Waals surface area (Å²) in [5.74, 6) is 1.26. The second-order valence-electron chi connectivity index (χ2n) is 8.57. The number of rotatable bonds is 4. The zero-order valence-corrected chi connectivity index (χ0v) is 20.8. The van der Waals surface area contributed by atoms with Crippen LogP contribution in [0.1, 0.15) is 6.92 Å². The molecule has 1 atom stereocenters. The zero-order chi connectivity index (χ0) is 24.4. The molecule has 0 unspecified atom stereocenters. The van der Waals surface area contributed by atoms with Gasteiger partial charge in [-0.1, -0.05) is 24.3 Å². The van der Waals surface area contributed by atoms with E-state index >= 15 is 0 Å². The van der Waals surface area contributed by atoms with Crippen LogP contribution in [0.4, 0.5) is 20.7 Å². The standard InChI is InChI=1S/C27H26FN5O2.ClH/c1-18-17-32(15-16-33(18)27(34)29-21-11-9-20(28)10-12-21)26-24-6-4-3-5-23(24)25(30-31-26)19-7-13-22(35-2)14-8-19;/h3-14,18H,15-17H2,1-2H3,(H,29,34);1H/t18-;/m0./s1. The number of amides is 2. The Bertz CT molecular complexity index is 1350. The topological polar surface area (TPSA) is 70.6 Å². The molecule has 0 bridgehead atoms. The van der Waals surface area contributed by atoms with Crippen molar-refractivity contribution < 1.29 is 13.9 Å². The van der Waals surface area contributed by atoms with Crippen LogP contribution in [-0.2, 0) is 0 Å². The van der Waals surface area contributed by atoms with E-state index in [0.717, 1.165) is 33.6 Å². The van der Waals surface area contributed by atoms with Gasteiger partial charge in [-0.25, -0.2) is 9.18 Å². The number of carbonyl (C=O) groups is 1. The van der Waals surface area contributed by atoms with Crippen molar-refractivity contribution in [2.24, 2.45) is 0 Å². The number of urea groups is 1. The van der Waals surface area contributed by atoms with Crippen molar-refractivity contribution in [2.75, 3.05) is 37.0 Å². The summed E-state index contributed by atoms with van der Waals surface area (Å²) in [4.78, 5) is 16.8. The lowest BCUT2D eigenvalue weighted by molar-refractivity contribution is 0.184. The molecule has 0 spiro atoms. The number of benzene rings is 3. The highest BCUT2D eigenvalue weighted by atomic mass is 35.5. The second kappa shape index (κ2) is 10.8. The molecule has 36 heavy (non-hydrogen) atoms. The first-order valence-corrected chi connectivity index (χ1v) is 11.5. The fourth-order valence-corrected chi connectivity index (χ4v) is 4.47. The highest BCUT2D eigenvalue weighted by Crippen LogP contribution is 2.33. The molecule has 9 heteroatoms. The number of ether oxygens (including phenoxy) is 1. The molecule has 0 radical (unpaired) electrons. The largest absolute Gasteiger partial charge is 0.497 e. The minimum Gasteiger partial charge on any atom is -0.497 e. The third-order valence-electron chi connectivity index (χ3n) is 6.31. The Labute approximate surface area is 215 Å². The average molecular weight is 508 g/mol. The number of nitrogens with one attached hydrogen (secondary N) is 1. The number of nitrogens with zero attached hydrogens (tertiary/aromatic N) is 4. The lowest BCUT2D eigenvalue weighted by Gasteiger charge is -2.40. The van der Waals surface area contributed by atoms with Crippen molar-refractivity contribution >= 4 is 40.7 Å². The summed E-state index contributed by atoms with van der Waals surface area (Å²) in [7, 11) is 1.65. The Morgan fingerprint density at radius 1 is 0.972 bits per heavy atom. The first-order valence-electron chi connectivity index (χ1n) is 11.5. The number of hydrogen-bond acceptors (Lipinski definition) is 5. The average Bonchev–Trinajstić information content (AvgIpc) is 2.89. The Hall–Kier alpha value is -3.91. The molecule has 5 rings (SSSR count). The number of hydrogen-bond donors (Lipinski definition) is 1. The maximum atomic E-state index is 13.2. The molecule has 1 N–H and O–H groups in total. The maximum absolute atomic E-state index is 13.2. The van der Waals surface area contributed by atoms with E-state index in [1.807, 2.05) is 43.3 Å². The highest BCUT2D eigenvalue weighted by molar-refractivity contribution is 6.00. The van der Waals surface area contributed by atoms with E-state index in [-0.39, 0.29) is 30.3 Å². The number of methoxy groups -OCH3 is 1. The number of carbonyl (C=O) groups excluding carboxylic acids is 1. The van der Waals surface area contributed by atoms with Crippen molar-refractivity contribution in [3.8, 4) is 17.0 Å². The van der Waals surface area contributed by atoms with Gasteiger partial charge in [0.25, 0.3) is 0 Å². The fourth-order valence-electron chi connectivity index (χ4n) is 4.47. The molecule has 186 valence electrons. The molecule has 4 aromatic rings. The monoisotopic (exact) mass is 507 g/mol. The molecular weight excluding hydrogens is 481 g/mol. The van der Waals surface area contributed by atoms with Gasteiger partial charge in [0, 0.05) is 47.7 Å². The van der Waals surface area contributed by atoms with E-state index in [1.54, 1.807) is 24.1 Å². The maximum Gasteiger partial charge on any atom is 0.322 e. The zero-order valence-electron chi connectivity index (χ0n) is 20.0. The summed E-state index contributed by atoms with van der Waals surface area (Å²) in [5.41, 5.74) is 2.35. The highest BCUT2D eigenvalue weighted by Gasteiger charge is 2.29. The summed E-state index contributed by atoms with van der Waals surface area (Å²) in [6.45, 7) is 3.79. The molecule has 0 aliphatic carbocycles. The minimum atomic E-state index is -0.337. The van der Waals surface area contributed by atoms with Gasteiger partial charge in [-0.05, 0) is 55.5 Å². The Morgan fingerprint density at radius 2 is 1.67 bits per heavy atom. The normalized spacial score (nSPS) is 15.4. The van der Waals surface area contributed by atoms with Gasteiger partial charge in [-0.15, -0.1) is 22.6 Å². The number of anilines is 2. The van der Waals surface area contributed by atoms with Crippen molar-refractivity contribution in [1.29, 1.82) is 0 Å². The molecular formula is C27H27ClFN5O2. The predicted molar refractivity (Wildman–Crippen MR) is 143 cm³/mol. The van der Waals surface area contributed by atoms with Crippen LogP contribution < -0.4 is 15.0 Å². The summed E-state index contributed by atoms with van der Waals surface area (Å²) < 4.78 is 18.4. The SMILES string of the molecule is COc1ccc(-c2nnc(N3CCN(C(=O)Nc4ccc(F)cc4)[C@@H](C)C3)c3ccccc23)cc1.Cl. The first kappa shape index (κ1) is 25.2. The summed E-state index contributed by atoms with van der Waals surface area (Å²) in [5, 5.41) is 14.1. The summed E-state index contributed by atoms with van der Waals surface area (Å²) in [6, 6.07) is 21.4. The van der Waals surface area contributed by atoms with Gasteiger partial charge in [0.15, 0.2) is 5.82 Å². The van der Waals surface area contributed by atoms with Gasteiger partial charge in [-0.2, -0.15) is 0 Å². The van der Waals surface area contributed by atoms with Crippen LogP contribution in [0.25, 0.3) is 22.0 Å². The third-order valence-corrected chi connectivity index (χ3v) is 6.31. The molecule has 3 aromatic carbocycles. The quantitative estimate of drug-likeness (QED) is 0.389. The van der Waals surface area contributed by atoms with Crippen LogP contribution in [0.3, 0.4) is 0 Å². The van der Waals surface area contributed by atoms with Crippen molar-refractivity contribution in [3.63, 3.8) is 0 Å². The van der Waals surface area contributed by atoms with E-state index < -0.39 is 0 Å². The van der Waals surface area contributed by atoms with Crippen LogP contribution in [-0.4, -0.2) is 53.9 Å². The molecule has 1 saturated heterocycles. The third kappa shape index (κ3) is 5.04. The van der Waals surface area contributed by atoms with Crippen LogP contribution in [0.5, 0.6) is 5.75 Å². The van der Waals surface area contributed by atoms with Crippen molar-refractivity contribution in [3.05, 3.63) is 78.6 Å². The number of fused-ring (bicyclic) bond motifs is 1.